The lowest BCUT2D eigenvalue weighted by atomic mass is 10.0. The maximum Gasteiger partial charge on any atom is 0.251 e. The lowest BCUT2D eigenvalue weighted by Crippen LogP contribution is -2.23. The SMILES string of the molecule is O=C(NCc1cccnc1-c1cccs1)c1ccc(-c2ccccc2)cc1. The van der Waals surface area contributed by atoms with Crippen LogP contribution in [0.15, 0.2) is 90.4 Å². The first-order valence-electron chi connectivity index (χ1n) is 8.73. The van der Waals surface area contributed by atoms with Gasteiger partial charge in [-0.15, -0.1) is 11.3 Å². The van der Waals surface area contributed by atoms with Crippen LogP contribution < -0.4 is 5.32 Å². The third kappa shape index (κ3) is 3.96. The summed E-state index contributed by atoms with van der Waals surface area (Å²) < 4.78 is 0. The molecule has 1 amide bonds. The van der Waals surface area contributed by atoms with E-state index in [0.717, 1.165) is 27.3 Å². The van der Waals surface area contributed by atoms with Gasteiger partial charge in [0, 0.05) is 18.3 Å². The molecule has 0 unspecified atom stereocenters. The van der Waals surface area contributed by atoms with E-state index in [1.54, 1.807) is 17.5 Å². The molecule has 2 aromatic carbocycles. The molecule has 0 radical (unpaired) electrons. The van der Waals surface area contributed by atoms with Crippen LogP contribution in [0.25, 0.3) is 21.7 Å². The van der Waals surface area contributed by atoms with Gasteiger partial charge in [0.15, 0.2) is 0 Å². The van der Waals surface area contributed by atoms with Crippen LogP contribution in [0.3, 0.4) is 0 Å². The molecule has 0 fully saturated rings. The van der Waals surface area contributed by atoms with E-state index in [-0.39, 0.29) is 5.91 Å². The largest absolute Gasteiger partial charge is 0.348 e. The van der Waals surface area contributed by atoms with Gasteiger partial charge in [0.1, 0.15) is 0 Å². The molecule has 2 heterocycles. The first kappa shape index (κ1) is 17.2. The van der Waals surface area contributed by atoms with E-state index < -0.39 is 0 Å². The van der Waals surface area contributed by atoms with Gasteiger partial charge in [0.05, 0.1) is 10.6 Å². The quantitative estimate of drug-likeness (QED) is 0.510. The molecule has 2 aromatic heterocycles. The molecule has 0 atom stereocenters. The van der Waals surface area contributed by atoms with Crippen LogP contribution in [0.4, 0.5) is 0 Å². The fraction of sp³-hybridized carbons (Fsp3) is 0.0435. The van der Waals surface area contributed by atoms with Gasteiger partial charge in [-0.25, -0.2) is 0 Å². The number of aromatic nitrogens is 1. The Bertz CT molecular complexity index is 1030. The van der Waals surface area contributed by atoms with Crippen molar-refractivity contribution in [1.29, 1.82) is 0 Å². The Balaban J connectivity index is 1.46. The third-order valence-electron chi connectivity index (χ3n) is 4.34. The second-order valence-electron chi connectivity index (χ2n) is 6.11. The van der Waals surface area contributed by atoms with E-state index in [2.05, 4.69) is 22.4 Å². The van der Waals surface area contributed by atoms with Crippen molar-refractivity contribution in [3.8, 4) is 21.7 Å². The highest BCUT2D eigenvalue weighted by molar-refractivity contribution is 7.13. The number of nitrogens with one attached hydrogen (secondary N) is 1. The summed E-state index contributed by atoms with van der Waals surface area (Å²) in [7, 11) is 0. The molecule has 0 spiro atoms. The van der Waals surface area contributed by atoms with E-state index in [4.69, 9.17) is 0 Å². The van der Waals surface area contributed by atoms with Gasteiger partial charge in [-0.3, -0.25) is 9.78 Å². The van der Waals surface area contributed by atoms with Crippen LogP contribution in [0.1, 0.15) is 15.9 Å². The second-order valence-corrected chi connectivity index (χ2v) is 7.06. The number of rotatable bonds is 5. The zero-order valence-electron chi connectivity index (χ0n) is 14.6. The van der Waals surface area contributed by atoms with Crippen molar-refractivity contribution in [3.63, 3.8) is 0 Å². The Kier molecular flexibility index (Phi) is 5.08. The summed E-state index contributed by atoms with van der Waals surface area (Å²) in [5, 5.41) is 5.03. The van der Waals surface area contributed by atoms with Crippen molar-refractivity contribution >= 4 is 17.2 Å². The number of carbonyl (C=O) groups excluding carboxylic acids is 1. The molecule has 0 saturated carbocycles. The summed E-state index contributed by atoms with van der Waals surface area (Å²) in [6.45, 7) is 0.445. The number of amides is 1. The lowest BCUT2D eigenvalue weighted by molar-refractivity contribution is 0.0951. The number of benzene rings is 2. The van der Waals surface area contributed by atoms with Crippen molar-refractivity contribution in [1.82, 2.24) is 10.3 Å². The van der Waals surface area contributed by atoms with Crippen molar-refractivity contribution in [2.45, 2.75) is 6.54 Å². The predicted molar refractivity (Wildman–Crippen MR) is 111 cm³/mol. The minimum atomic E-state index is -0.0874. The Labute approximate surface area is 162 Å². The standard InChI is InChI=1S/C23H18N2OS/c26-23(19-12-10-18(11-13-19)17-6-2-1-3-7-17)25-16-20-8-4-14-24-22(20)21-9-5-15-27-21/h1-15H,16H2,(H,25,26). The molecular formula is C23H18N2OS. The van der Waals surface area contributed by atoms with E-state index in [9.17, 15) is 4.79 Å². The lowest BCUT2D eigenvalue weighted by Gasteiger charge is -2.09. The highest BCUT2D eigenvalue weighted by atomic mass is 32.1. The smallest absolute Gasteiger partial charge is 0.251 e. The predicted octanol–water partition coefficient (Wildman–Crippen LogP) is 5.41. The van der Waals surface area contributed by atoms with Gasteiger partial charge in [-0.2, -0.15) is 0 Å². The van der Waals surface area contributed by atoms with E-state index >= 15 is 0 Å². The maximum absolute atomic E-state index is 12.5. The molecule has 0 aliphatic heterocycles. The van der Waals surface area contributed by atoms with Crippen LogP contribution in [0.2, 0.25) is 0 Å². The summed E-state index contributed by atoms with van der Waals surface area (Å²) in [4.78, 5) is 18.1. The molecule has 4 heteroatoms. The number of hydrogen-bond acceptors (Lipinski definition) is 3. The molecule has 4 aromatic rings. The Morgan fingerprint density at radius 1 is 0.852 bits per heavy atom. The van der Waals surface area contributed by atoms with E-state index in [1.807, 2.05) is 72.1 Å². The highest BCUT2D eigenvalue weighted by Gasteiger charge is 2.10. The normalized spacial score (nSPS) is 10.5. The van der Waals surface area contributed by atoms with Crippen LogP contribution in [0.5, 0.6) is 0 Å². The molecule has 27 heavy (non-hydrogen) atoms. The average Bonchev–Trinajstić information content (AvgIpc) is 3.28. The first-order valence-corrected chi connectivity index (χ1v) is 9.61. The molecular weight excluding hydrogens is 352 g/mol. The molecule has 4 rings (SSSR count). The van der Waals surface area contributed by atoms with Crippen molar-refractivity contribution in [3.05, 3.63) is 102 Å². The Hall–Kier alpha value is -3.24. The first-order chi connectivity index (χ1) is 13.3. The van der Waals surface area contributed by atoms with Gasteiger partial charge >= 0.3 is 0 Å². The highest BCUT2D eigenvalue weighted by Crippen LogP contribution is 2.26. The van der Waals surface area contributed by atoms with Crippen LogP contribution in [-0.4, -0.2) is 10.9 Å². The van der Waals surface area contributed by atoms with Crippen LogP contribution >= 0.6 is 11.3 Å². The third-order valence-corrected chi connectivity index (χ3v) is 5.22. The topological polar surface area (TPSA) is 42.0 Å². The van der Waals surface area contributed by atoms with Gasteiger partial charge in [0.2, 0.25) is 0 Å². The molecule has 0 bridgehead atoms. The minimum Gasteiger partial charge on any atom is -0.348 e. The summed E-state index contributed by atoms with van der Waals surface area (Å²) in [6.07, 6.45) is 1.78. The molecule has 1 N–H and O–H groups in total. The summed E-state index contributed by atoms with van der Waals surface area (Å²) >= 11 is 1.65. The van der Waals surface area contributed by atoms with Gasteiger partial charge < -0.3 is 5.32 Å². The molecule has 0 saturated heterocycles. The number of nitrogens with zero attached hydrogens (tertiary/aromatic N) is 1. The molecule has 132 valence electrons. The van der Waals surface area contributed by atoms with E-state index in [1.165, 1.54) is 0 Å². The summed E-state index contributed by atoms with van der Waals surface area (Å²) in [6, 6.07) is 25.8. The van der Waals surface area contributed by atoms with Gasteiger partial charge in [0.25, 0.3) is 5.91 Å². The fourth-order valence-electron chi connectivity index (χ4n) is 2.94. The number of pyridine rings is 1. The second kappa shape index (κ2) is 7.98. The van der Waals surface area contributed by atoms with Crippen molar-refractivity contribution in [2.75, 3.05) is 0 Å². The number of thiophene rings is 1. The molecule has 0 aliphatic rings. The summed E-state index contributed by atoms with van der Waals surface area (Å²) in [5.41, 5.74) is 4.82. The zero-order valence-corrected chi connectivity index (χ0v) is 15.4. The molecule has 3 nitrogen and oxygen atoms in total. The maximum atomic E-state index is 12.5. The zero-order chi connectivity index (χ0) is 18.5. The Morgan fingerprint density at radius 3 is 2.37 bits per heavy atom. The van der Waals surface area contributed by atoms with E-state index in [0.29, 0.717) is 12.1 Å². The Morgan fingerprint density at radius 2 is 1.63 bits per heavy atom. The molecule has 0 aliphatic carbocycles. The van der Waals surface area contributed by atoms with Crippen molar-refractivity contribution in [2.24, 2.45) is 0 Å². The van der Waals surface area contributed by atoms with Crippen LogP contribution in [-0.2, 0) is 6.54 Å². The van der Waals surface area contributed by atoms with Gasteiger partial charge in [-0.05, 0) is 46.3 Å². The average molecular weight is 370 g/mol. The summed E-state index contributed by atoms with van der Waals surface area (Å²) in [5.74, 6) is -0.0874. The van der Waals surface area contributed by atoms with Gasteiger partial charge in [-0.1, -0.05) is 54.6 Å². The number of carbonyl (C=O) groups is 1. The van der Waals surface area contributed by atoms with Crippen LogP contribution in [0, 0.1) is 0 Å². The minimum absolute atomic E-state index is 0.0874. The number of hydrogen-bond donors (Lipinski definition) is 1. The monoisotopic (exact) mass is 370 g/mol. The van der Waals surface area contributed by atoms with Crippen molar-refractivity contribution < 1.29 is 4.79 Å². The fourth-order valence-corrected chi connectivity index (χ4v) is 3.69.